The third-order valence-electron chi connectivity index (χ3n) is 5.11. The van der Waals surface area contributed by atoms with Crippen LogP contribution in [0.3, 0.4) is 0 Å². The van der Waals surface area contributed by atoms with Crippen LogP contribution in [0.4, 0.5) is 0 Å². The molecule has 0 aromatic heterocycles. The van der Waals surface area contributed by atoms with Gasteiger partial charge in [-0.1, -0.05) is 38.1 Å². The summed E-state index contributed by atoms with van der Waals surface area (Å²) < 4.78 is 16.7. The second-order valence-electron chi connectivity index (χ2n) is 6.95. The number of methoxy groups -OCH3 is 2. The average molecular weight is 556 g/mol. The van der Waals surface area contributed by atoms with Crippen molar-refractivity contribution < 1.29 is 14.2 Å². The molecule has 0 saturated heterocycles. The Bertz CT molecular complexity index is 829. The fourth-order valence-corrected chi connectivity index (χ4v) is 3.19. The molecule has 0 spiro atoms. The molecule has 0 aliphatic heterocycles. The van der Waals surface area contributed by atoms with Gasteiger partial charge < -0.3 is 29.7 Å². The number of halogens is 1. The average Bonchev–Trinajstić information content (AvgIpc) is 2.82. The Morgan fingerprint density at radius 3 is 2.25 bits per heavy atom. The molecule has 0 radical (unpaired) electrons. The van der Waals surface area contributed by atoms with Gasteiger partial charge in [0.15, 0.2) is 17.5 Å². The van der Waals surface area contributed by atoms with Crippen molar-refractivity contribution in [2.24, 2.45) is 4.99 Å². The first kappa shape index (κ1) is 27.8. The van der Waals surface area contributed by atoms with Crippen LogP contribution in [0, 0.1) is 0 Å². The molecular formula is C24H37IN4O3. The van der Waals surface area contributed by atoms with E-state index in [1.165, 1.54) is 0 Å². The molecule has 2 aromatic rings. The number of ether oxygens (including phenoxy) is 3. The predicted molar refractivity (Wildman–Crippen MR) is 142 cm³/mol. The normalized spacial score (nSPS) is 11.0. The number of benzene rings is 2. The zero-order chi connectivity index (χ0) is 22.5. The Morgan fingerprint density at radius 1 is 0.906 bits per heavy atom. The summed E-state index contributed by atoms with van der Waals surface area (Å²) in [4.78, 5) is 6.67. The third kappa shape index (κ3) is 8.74. The van der Waals surface area contributed by atoms with Gasteiger partial charge in [-0.3, -0.25) is 4.99 Å². The molecule has 178 valence electrons. The van der Waals surface area contributed by atoms with Gasteiger partial charge in [0, 0.05) is 32.2 Å². The van der Waals surface area contributed by atoms with E-state index >= 15 is 0 Å². The highest BCUT2D eigenvalue weighted by Crippen LogP contribution is 2.27. The van der Waals surface area contributed by atoms with Crippen LogP contribution in [-0.2, 0) is 13.1 Å². The van der Waals surface area contributed by atoms with Crippen molar-refractivity contribution in [2.45, 2.75) is 26.9 Å². The maximum atomic E-state index is 6.05. The number of nitrogens with zero attached hydrogens (tertiary/aromatic N) is 2. The molecule has 0 unspecified atom stereocenters. The van der Waals surface area contributed by atoms with E-state index in [2.05, 4.69) is 40.4 Å². The lowest BCUT2D eigenvalue weighted by atomic mass is 10.2. The first-order valence-electron chi connectivity index (χ1n) is 10.7. The maximum Gasteiger partial charge on any atom is 0.191 e. The molecule has 0 aliphatic carbocycles. The van der Waals surface area contributed by atoms with Crippen LogP contribution in [0.2, 0.25) is 0 Å². The van der Waals surface area contributed by atoms with Gasteiger partial charge in [-0.05, 0) is 36.9 Å². The molecule has 0 bridgehead atoms. The summed E-state index contributed by atoms with van der Waals surface area (Å²) in [6.07, 6.45) is 0. The summed E-state index contributed by atoms with van der Waals surface area (Å²) >= 11 is 0. The van der Waals surface area contributed by atoms with Gasteiger partial charge in [0.1, 0.15) is 12.4 Å². The summed E-state index contributed by atoms with van der Waals surface area (Å²) in [5, 5.41) is 6.69. The van der Waals surface area contributed by atoms with Crippen LogP contribution in [0.1, 0.15) is 25.0 Å². The van der Waals surface area contributed by atoms with E-state index in [-0.39, 0.29) is 24.0 Å². The summed E-state index contributed by atoms with van der Waals surface area (Å²) in [7, 11) is 5.03. The molecule has 2 rings (SSSR count). The predicted octanol–water partition coefficient (Wildman–Crippen LogP) is 3.91. The van der Waals surface area contributed by atoms with Gasteiger partial charge in [0.25, 0.3) is 0 Å². The van der Waals surface area contributed by atoms with E-state index < -0.39 is 0 Å². The Hall–Kier alpha value is -2.20. The second-order valence-corrected chi connectivity index (χ2v) is 6.95. The highest BCUT2D eigenvalue weighted by atomic mass is 127. The Morgan fingerprint density at radius 2 is 1.59 bits per heavy atom. The summed E-state index contributed by atoms with van der Waals surface area (Å²) in [5.41, 5.74) is 2.16. The molecule has 2 aromatic carbocycles. The number of nitrogens with one attached hydrogen (secondary N) is 2. The van der Waals surface area contributed by atoms with Crippen LogP contribution >= 0.6 is 24.0 Å². The zero-order valence-corrected chi connectivity index (χ0v) is 22.1. The van der Waals surface area contributed by atoms with Gasteiger partial charge in [0.05, 0.1) is 14.2 Å². The number of hydrogen-bond acceptors (Lipinski definition) is 5. The smallest absolute Gasteiger partial charge is 0.191 e. The lowest BCUT2D eigenvalue weighted by Crippen LogP contribution is -2.36. The van der Waals surface area contributed by atoms with E-state index in [1.807, 2.05) is 36.4 Å². The quantitative estimate of drug-likeness (QED) is 0.235. The number of guanidine groups is 1. The maximum absolute atomic E-state index is 6.05. The van der Waals surface area contributed by atoms with Crippen LogP contribution in [-0.4, -0.2) is 58.4 Å². The van der Waals surface area contributed by atoms with Crippen molar-refractivity contribution in [3.05, 3.63) is 53.6 Å². The first-order chi connectivity index (χ1) is 15.1. The molecule has 7 nitrogen and oxygen atoms in total. The Balaban J connectivity index is 0.00000512. The zero-order valence-electron chi connectivity index (χ0n) is 19.8. The van der Waals surface area contributed by atoms with E-state index in [4.69, 9.17) is 14.2 Å². The number of aliphatic imine (C=N–C) groups is 1. The van der Waals surface area contributed by atoms with Gasteiger partial charge in [0.2, 0.25) is 0 Å². The van der Waals surface area contributed by atoms with Gasteiger partial charge in [-0.15, -0.1) is 24.0 Å². The second kappa shape index (κ2) is 15.6. The minimum absolute atomic E-state index is 0. The number of hydrogen-bond donors (Lipinski definition) is 2. The molecule has 0 saturated carbocycles. The Labute approximate surface area is 209 Å². The van der Waals surface area contributed by atoms with Crippen molar-refractivity contribution in [2.75, 3.05) is 47.5 Å². The highest BCUT2D eigenvalue weighted by Gasteiger charge is 2.08. The molecule has 8 heteroatoms. The SMILES string of the molecule is CCN(CC)CCOc1ccccc1CNC(=NC)NCc1ccc(OC)c(OC)c1.I. The van der Waals surface area contributed by atoms with Crippen LogP contribution in [0.5, 0.6) is 17.2 Å². The summed E-state index contributed by atoms with van der Waals surface area (Å²) in [6.45, 7) is 9.23. The summed E-state index contributed by atoms with van der Waals surface area (Å²) in [6, 6.07) is 14.0. The molecule has 0 fully saturated rings. The minimum Gasteiger partial charge on any atom is -0.493 e. The van der Waals surface area contributed by atoms with Crippen molar-refractivity contribution in [3.8, 4) is 17.2 Å². The van der Waals surface area contributed by atoms with Crippen molar-refractivity contribution in [1.82, 2.24) is 15.5 Å². The van der Waals surface area contributed by atoms with E-state index in [0.29, 0.717) is 37.2 Å². The van der Waals surface area contributed by atoms with Gasteiger partial charge in [-0.25, -0.2) is 0 Å². The van der Waals surface area contributed by atoms with E-state index in [9.17, 15) is 0 Å². The van der Waals surface area contributed by atoms with Crippen LogP contribution < -0.4 is 24.8 Å². The fraction of sp³-hybridized carbons (Fsp3) is 0.458. The monoisotopic (exact) mass is 556 g/mol. The van der Waals surface area contributed by atoms with Gasteiger partial charge >= 0.3 is 0 Å². The highest BCUT2D eigenvalue weighted by molar-refractivity contribution is 14.0. The standard InChI is InChI=1S/C24H36N4O3.HI/c1-6-28(7-2)14-15-31-21-11-9-8-10-20(21)18-27-24(25-3)26-17-19-12-13-22(29-4)23(16-19)30-5;/h8-13,16H,6-7,14-15,17-18H2,1-5H3,(H2,25,26,27);1H. The number of para-hydroxylation sites is 1. The molecule has 0 atom stereocenters. The third-order valence-corrected chi connectivity index (χ3v) is 5.11. The summed E-state index contributed by atoms with van der Waals surface area (Å²) in [5.74, 6) is 3.04. The molecule has 32 heavy (non-hydrogen) atoms. The van der Waals surface area contributed by atoms with Crippen molar-refractivity contribution >= 4 is 29.9 Å². The minimum atomic E-state index is 0. The lowest BCUT2D eigenvalue weighted by molar-refractivity contribution is 0.221. The number of rotatable bonds is 12. The molecule has 0 aliphatic rings. The molecule has 0 amide bonds. The number of likely N-dealkylation sites (N-methyl/N-ethyl adjacent to an activating group) is 1. The Kier molecular flexibility index (Phi) is 13.5. The topological polar surface area (TPSA) is 67.4 Å². The first-order valence-corrected chi connectivity index (χ1v) is 10.7. The van der Waals surface area contributed by atoms with Crippen molar-refractivity contribution in [3.63, 3.8) is 0 Å². The van der Waals surface area contributed by atoms with Gasteiger partial charge in [-0.2, -0.15) is 0 Å². The fourth-order valence-electron chi connectivity index (χ4n) is 3.19. The van der Waals surface area contributed by atoms with E-state index in [1.54, 1.807) is 21.3 Å². The van der Waals surface area contributed by atoms with E-state index in [0.717, 1.165) is 36.5 Å². The molecule has 2 N–H and O–H groups in total. The molecular weight excluding hydrogens is 519 g/mol. The van der Waals surface area contributed by atoms with Crippen LogP contribution in [0.25, 0.3) is 0 Å². The van der Waals surface area contributed by atoms with Crippen molar-refractivity contribution in [1.29, 1.82) is 0 Å². The largest absolute Gasteiger partial charge is 0.493 e. The molecule has 0 heterocycles. The van der Waals surface area contributed by atoms with Crippen LogP contribution in [0.15, 0.2) is 47.5 Å². The lowest BCUT2D eigenvalue weighted by Gasteiger charge is -2.19.